The molecule has 6 rings (SSSR count). The van der Waals surface area contributed by atoms with Gasteiger partial charge in [0.2, 0.25) is 21.8 Å². The number of benzene rings is 1. The number of ether oxygens (including phenoxy) is 1. The lowest BCUT2D eigenvalue weighted by molar-refractivity contribution is -0.119. The number of pyridine rings is 1. The van der Waals surface area contributed by atoms with Gasteiger partial charge in [-0.1, -0.05) is 12.1 Å². The van der Waals surface area contributed by atoms with Crippen molar-refractivity contribution in [1.29, 1.82) is 0 Å². The fourth-order valence-corrected chi connectivity index (χ4v) is 6.73. The van der Waals surface area contributed by atoms with Crippen LogP contribution in [0.1, 0.15) is 46.1 Å². The highest BCUT2D eigenvalue weighted by Gasteiger charge is 2.32. The topological polar surface area (TPSA) is 110 Å². The second kappa shape index (κ2) is 10.1. The molecule has 2 aliphatic heterocycles. The van der Waals surface area contributed by atoms with Gasteiger partial charge in [0.1, 0.15) is 11.6 Å². The third kappa shape index (κ3) is 5.09. The Morgan fingerprint density at radius 1 is 1.05 bits per heavy atom. The molecule has 3 fully saturated rings. The number of hydrogen-bond donors (Lipinski definition) is 1. The standard InChI is InChI=1S/C28H36N6O4S/c1-18(2)39(36,37)33-12-10-32(11-13-33)22-6-4-20(5-7-22)24-15-25-27(34(17-30-25)23-8-9-23)28(31-24)38-19(3)21-14-26(35)29-16-21/h4-7,15,17-19,21,23H,8-14,16H2,1-3H3,(H,29,35)/t19-,21-/m1/s1. The van der Waals surface area contributed by atoms with E-state index in [0.29, 0.717) is 51.1 Å². The normalized spacial score (nSPS) is 21.5. The molecule has 2 saturated heterocycles. The molecule has 1 N–H and O–H groups in total. The zero-order chi connectivity index (χ0) is 27.3. The van der Waals surface area contributed by atoms with Gasteiger partial charge in [-0.15, -0.1) is 0 Å². The molecule has 1 aliphatic carbocycles. The second-order valence-electron chi connectivity index (χ2n) is 11.2. The van der Waals surface area contributed by atoms with Gasteiger partial charge >= 0.3 is 0 Å². The molecule has 1 saturated carbocycles. The lowest BCUT2D eigenvalue weighted by Crippen LogP contribution is -2.50. The van der Waals surface area contributed by atoms with Gasteiger partial charge in [-0.05, 0) is 51.8 Å². The van der Waals surface area contributed by atoms with Crippen LogP contribution in [0.3, 0.4) is 0 Å². The van der Waals surface area contributed by atoms with Gasteiger partial charge in [0, 0.05) is 62.4 Å². The molecular formula is C28H36N6O4S. The second-order valence-corrected chi connectivity index (χ2v) is 13.7. The minimum Gasteiger partial charge on any atom is -0.473 e. The molecule has 1 aromatic carbocycles. The summed E-state index contributed by atoms with van der Waals surface area (Å²) in [6.45, 7) is 8.37. The van der Waals surface area contributed by atoms with Crippen LogP contribution in [-0.2, 0) is 14.8 Å². The van der Waals surface area contributed by atoms with Crippen molar-refractivity contribution in [1.82, 2.24) is 24.2 Å². The summed E-state index contributed by atoms with van der Waals surface area (Å²) in [7, 11) is -3.23. The number of fused-ring (bicyclic) bond motifs is 1. The Morgan fingerprint density at radius 3 is 2.38 bits per heavy atom. The van der Waals surface area contributed by atoms with Gasteiger partial charge in [-0.2, -0.15) is 4.31 Å². The van der Waals surface area contributed by atoms with E-state index in [1.807, 2.05) is 31.5 Å². The van der Waals surface area contributed by atoms with Crippen molar-refractivity contribution in [2.24, 2.45) is 5.92 Å². The van der Waals surface area contributed by atoms with Crippen molar-refractivity contribution in [3.8, 4) is 17.1 Å². The van der Waals surface area contributed by atoms with Crippen LogP contribution in [0.4, 0.5) is 5.69 Å². The van der Waals surface area contributed by atoms with Gasteiger partial charge in [0.05, 0.1) is 22.8 Å². The number of aromatic nitrogens is 3. The Balaban J connectivity index is 1.24. The summed E-state index contributed by atoms with van der Waals surface area (Å²) in [6, 6.07) is 10.7. The summed E-state index contributed by atoms with van der Waals surface area (Å²) in [5.74, 6) is 0.726. The van der Waals surface area contributed by atoms with Crippen LogP contribution >= 0.6 is 0 Å². The summed E-state index contributed by atoms with van der Waals surface area (Å²) in [6.07, 6.45) is 4.43. The Labute approximate surface area is 229 Å². The fraction of sp³-hybridized carbons (Fsp3) is 0.536. The Bertz CT molecular complexity index is 1470. The maximum Gasteiger partial charge on any atom is 0.241 e. The van der Waals surface area contributed by atoms with Gasteiger partial charge in [0.25, 0.3) is 0 Å². The molecular weight excluding hydrogens is 516 g/mol. The van der Waals surface area contributed by atoms with Crippen LogP contribution in [0.25, 0.3) is 22.3 Å². The molecule has 39 heavy (non-hydrogen) atoms. The lowest BCUT2D eigenvalue weighted by Gasteiger charge is -2.36. The van der Waals surface area contributed by atoms with Crippen molar-refractivity contribution < 1.29 is 17.9 Å². The van der Waals surface area contributed by atoms with Crippen LogP contribution in [0.5, 0.6) is 5.88 Å². The summed E-state index contributed by atoms with van der Waals surface area (Å²) in [5, 5.41) is 2.49. The van der Waals surface area contributed by atoms with Crippen molar-refractivity contribution in [3.05, 3.63) is 36.7 Å². The third-order valence-corrected chi connectivity index (χ3v) is 10.4. The van der Waals surface area contributed by atoms with E-state index in [0.717, 1.165) is 40.8 Å². The smallest absolute Gasteiger partial charge is 0.241 e. The van der Waals surface area contributed by atoms with Gasteiger partial charge < -0.3 is 19.5 Å². The highest BCUT2D eigenvalue weighted by molar-refractivity contribution is 7.89. The maximum absolute atomic E-state index is 12.5. The fourth-order valence-electron chi connectivity index (χ4n) is 5.46. The first-order chi connectivity index (χ1) is 18.7. The summed E-state index contributed by atoms with van der Waals surface area (Å²) in [4.78, 5) is 23.6. The van der Waals surface area contributed by atoms with E-state index in [2.05, 4.69) is 31.9 Å². The van der Waals surface area contributed by atoms with Crippen LogP contribution in [0.15, 0.2) is 36.7 Å². The summed E-state index contributed by atoms with van der Waals surface area (Å²) in [5.41, 5.74) is 4.56. The minimum absolute atomic E-state index is 0.0633. The first kappa shape index (κ1) is 26.1. The van der Waals surface area contributed by atoms with Crippen LogP contribution in [0.2, 0.25) is 0 Å². The molecule has 208 valence electrons. The zero-order valence-corrected chi connectivity index (χ0v) is 23.5. The zero-order valence-electron chi connectivity index (χ0n) is 22.7. The van der Waals surface area contributed by atoms with Gasteiger partial charge in [-0.25, -0.2) is 18.4 Å². The number of carbonyl (C=O) groups is 1. The van der Waals surface area contributed by atoms with E-state index >= 15 is 0 Å². The number of anilines is 1. The number of amides is 1. The molecule has 1 amide bonds. The summed E-state index contributed by atoms with van der Waals surface area (Å²) >= 11 is 0. The van der Waals surface area contributed by atoms with Crippen molar-refractivity contribution in [3.63, 3.8) is 0 Å². The average molecular weight is 553 g/mol. The molecule has 0 bridgehead atoms. The SMILES string of the molecule is CC(C)S(=O)(=O)N1CCN(c2ccc(-c3cc4ncn(C5CC5)c4c(O[C@H](C)[C@H]4CNC(=O)C4)n3)cc2)CC1. The molecule has 0 unspecified atom stereocenters. The number of hydrogen-bond acceptors (Lipinski definition) is 7. The van der Waals surface area contributed by atoms with E-state index in [1.165, 1.54) is 0 Å². The van der Waals surface area contributed by atoms with Crippen LogP contribution in [-0.4, -0.2) is 77.2 Å². The van der Waals surface area contributed by atoms with E-state index in [1.54, 1.807) is 18.2 Å². The Hall–Kier alpha value is -3.18. The number of nitrogens with zero attached hydrogens (tertiary/aromatic N) is 5. The van der Waals surface area contributed by atoms with E-state index in [4.69, 9.17) is 9.72 Å². The molecule has 4 heterocycles. The van der Waals surface area contributed by atoms with Crippen LogP contribution < -0.4 is 15.0 Å². The van der Waals surface area contributed by atoms with Crippen molar-refractivity contribution in [2.45, 2.75) is 57.4 Å². The summed E-state index contributed by atoms with van der Waals surface area (Å²) < 4.78 is 35.2. The molecule has 2 aromatic heterocycles. The van der Waals surface area contributed by atoms with E-state index in [9.17, 15) is 13.2 Å². The molecule has 2 atom stereocenters. The molecule has 3 aliphatic rings. The first-order valence-corrected chi connectivity index (χ1v) is 15.4. The third-order valence-electron chi connectivity index (χ3n) is 8.15. The molecule has 10 nitrogen and oxygen atoms in total. The number of piperazine rings is 1. The molecule has 3 aromatic rings. The van der Waals surface area contributed by atoms with E-state index < -0.39 is 15.3 Å². The predicted molar refractivity (Wildman–Crippen MR) is 150 cm³/mol. The predicted octanol–water partition coefficient (Wildman–Crippen LogP) is 3.20. The maximum atomic E-state index is 12.5. The minimum atomic E-state index is -3.23. The number of rotatable bonds is 8. The largest absolute Gasteiger partial charge is 0.473 e. The quantitative estimate of drug-likeness (QED) is 0.457. The lowest BCUT2D eigenvalue weighted by atomic mass is 10.0. The molecule has 0 radical (unpaired) electrons. The monoisotopic (exact) mass is 552 g/mol. The van der Waals surface area contributed by atoms with Crippen molar-refractivity contribution >= 4 is 32.7 Å². The first-order valence-electron chi connectivity index (χ1n) is 13.9. The number of nitrogens with one attached hydrogen (secondary N) is 1. The Kier molecular flexibility index (Phi) is 6.74. The number of carbonyl (C=O) groups excluding carboxylic acids is 1. The van der Waals surface area contributed by atoms with E-state index in [-0.39, 0.29) is 17.9 Å². The van der Waals surface area contributed by atoms with Crippen LogP contribution in [0, 0.1) is 5.92 Å². The highest BCUT2D eigenvalue weighted by Crippen LogP contribution is 2.40. The Morgan fingerprint density at radius 2 is 1.77 bits per heavy atom. The number of sulfonamides is 1. The van der Waals surface area contributed by atoms with Crippen molar-refractivity contribution in [2.75, 3.05) is 37.6 Å². The highest BCUT2D eigenvalue weighted by atomic mass is 32.2. The average Bonchev–Trinajstić information content (AvgIpc) is 3.53. The molecule has 11 heteroatoms. The molecule has 0 spiro atoms. The number of imidazole rings is 1. The van der Waals surface area contributed by atoms with Gasteiger partial charge in [-0.3, -0.25) is 4.79 Å². The van der Waals surface area contributed by atoms with Gasteiger partial charge in [0.15, 0.2) is 0 Å².